The molecule has 7 nitrogen and oxygen atoms in total. The summed E-state index contributed by atoms with van der Waals surface area (Å²) in [6.07, 6.45) is -2.46. The number of rotatable bonds is 5. The number of aryl methyl sites for hydroxylation is 2. The van der Waals surface area contributed by atoms with Crippen LogP contribution in [0.2, 0.25) is 0 Å². The largest absolute Gasteiger partial charge is 0.451 e. The van der Waals surface area contributed by atoms with Crippen LogP contribution in [0, 0.1) is 6.92 Å². The summed E-state index contributed by atoms with van der Waals surface area (Å²) < 4.78 is 40.5. The van der Waals surface area contributed by atoms with E-state index in [1.54, 1.807) is 24.5 Å². The molecular weight excluding hydrogens is 385 g/mol. The molecule has 3 rings (SSSR count). The van der Waals surface area contributed by atoms with E-state index in [2.05, 4.69) is 25.5 Å². The number of alkyl halides is 3. The van der Waals surface area contributed by atoms with E-state index in [4.69, 9.17) is 0 Å². The fraction of sp³-hybridized carbons (Fsp3) is 0.316. The minimum atomic E-state index is -4.73. The fourth-order valence-electron chi connectivity index (χ4n) is 2.81. The third kappa shape index (κ3) is 4.95. The predicted molar refractivity (Wildman–Crippen MR) is 99.3 cm³/mol. The van der Waals surface area contributed by atoms with Gasteiger partial charge in [-0.25, -0.2) is 9.97 Å². The first-order valence-corrected chi connectivity index (χ1v) is 8.80. The van der Waals surface area contributed by atoms with E-state index >= 15 is 0 Å². The number of halogens is 3. The van der Waals surface area contributed by atoms with Crippen LogP contribution < -0.4 is 5.32 Å². The van der Waals surface area contributed by atoms with Crippen LogP contribution in [0.3, 0.4) is 0 Å². The lowest BCUT2D eigenvalue weighted by molar-refractivity contribution is -0.145. The van der Waals surface area contributed by atoms with Gasteiger partial charge in [0.2, 0.25) is 5.82 Å². The summed E-state index contributed by atoms with van der Waals surface area (Å²) >= 11 is 0. The van der Waals surface area contributed by atoms with Gasteiger partial charge in [0.05, 0.1) is 0 Å². The van der Waals surface area contributed by atoms with Crippen molar-refractivity contribution in [3.05, 3.63) is 65.3 Å². The van der Waals surface area contributed by atoms with E-state index in [1.807, 2.05) is 24.6 Å². The summed E-state index contributed by atoms with van der Waals surface area (Å²) in [4.78, 5) is 19.1. The van der Waals surface area contributed by atoms with Gasteiger partial charge in [0.15, 0.2) is 0 Å². The van der Waals surface area contributed by atoms with Crippen LogP contribution in [-0.2, 0) is 19.6 Å². The van der Waals surface area contributed by atoms with Crippen LogP contribution in [0.1, 0.15) is 46.2 Å². The smallest absolute Gasteiger partial charge is 0.321 e. The Bertz CT molecular complexity index is 1030. The second kappa shape index (κ2) is 7.98. The summed E-state index contributed by atoms with van der Waals surface area (Å²) in [5, 5.41) is 10.5. The molecule has 1 amide bonds. The Kier molecular flexibility index (Phi) is 5.62. The molecule has 0 saturated heterocycles. The molecule has 2 heterocycles. The number of hydrogen-bond donors (Lipinski definition) is 1. The molecular formula is C19H19F3N6O. The number of anilines is 1. The molecule has 0 unspecified atom stereocenters. The van der Waals surface area contributed by atoms with Gasteiger partial charge in [-0.2, -0.15) is 13.2 Å². The molecule has 29 heavy (non-hydrogen) atoms. The Morgan fingerprint density at radius 3 is 2.66 bits per heavy atom. The van der Waals surface area contributed by atoms with Gasteiger partial charge in [0, 0.05) is 24.8 Å². The summed E-state index contributed by atoms with van der Waals surface area (Å²) in [5.74, 6) is -1.16. The third-order valence-corrected chi connectivity index (χ3v) is 4.35. The maximum absolute atomic E-state index is 12.9. The van der Waals surface area contributed by atoms with Crippen molar-refractivity contribution in [2.45, 2.75) is 32.4 Å². The van der Waals surface area contributed by atoms with Crippen molar-refractivity contribution >= 4 is 11.6 Å². The van der Waals surface area contributed by atoms with E-state index in [9.17, 15) is 18.0 Å². The molecule has 3 aromatic rings. The Labute approximate surface area is 165 Å². The Hall–Kier alpha value is -3.30. The van der Waals surface area contributed by atoms with Crippen LogP contribution in [0.4, 0.5) is 18.9 Å². The molecule has 0 aliphatic rings. The zero-order valence-electron chi connectivity index (χ0n) is 16.0. The SMILES string of the molecule is Cc1cc(C(=O)Nc2cccc([C@H](C)Cc3nncn3C)c2)nc(C(F)(F)F)n1. The quantitative estimate of drug-likeness (QED) is 0.703. The van der Waals surface area contributed by atoms with E-state index in [0.29, 0.717) is 12.1 Å². The first-order chi connectivity index (χ1) is 13.6. The second-order valence-corrected chi connectivity index (χ2v) is 6.76. The van der Waals surface area contributed by atoms with Crippen molar-refractivity contribution < 1.29 is 18.0 Å². The van der Waals surface area contributed by atoms with Gasteiger partial charge < -0.3 is 9.88 Å². The first kappa shape index (κ1) is 20.4. The lowest BCUT2D eigenvalue weighted by atomic mass is 9.97. The standard InChI is InChI=1S/C19H19F3N6O/c1-11(7-16-27-23-10-28(16)3)13-5-4-6-14(9-13)25-17(29)15-8-12(2)24-18(26-15)19(20,21)22/h4-6,8-11H,7H2,1-3H3,(H,25,29)/t11-/m1/s1. The normalized spacial score (nSPS) is 12.6. The highest BCUT2D eigenvalue weighted by molar-refractivity contribution is 6.02. The summed E-state index contributed by atoms with van der Waals surface area (Å²) in [6.45, 7) is 3.39. The average Bonchev–Trinajstić information content (AvgIpc) is 3.05. The minimum absolute atomic E-state index is 0.0588. The van der Waals surface area contributed by atoms with E-state index in [1.165, 1.54) is 13.0 Å². The molecule has 0 aliphatic carbocycles. The maximum atomic E-state index is 12.9. The molecule has 152 valence electrons. The van der Waals surface area contributed by atoms with Crippen LogP contribution in [0.5, 0.6) is 0 Å². The summed E-state index contributed by atoms with van der Waals surface area (Å²) in [6, 6.07) is 8.33. The molecule has 2 aromatic heterocycles. The van der Waals surface area contributed by atoms with Gasteiger partial charge in [0.25, 0.3) is 5.91 Å². The van der Waals surface area contributed by atoms with Crippen molar-refractivity contribution in [1.29, 1.82) is 0 Å². The summed E-state index contributed by atoms with van der Waals surface area (Å²) in [7, 11) is 1.86. The van der Waals surface area contributed by atoms with Gasteiger partial charge in [-0.3, -0.25) is 4.79 Å². The number of benzene rings is 1. The lowest BCUT2D eigenvalue weighted by Crippen LogP contribution is -2.19. The van der Waals surface area contributed by atoms with E-state index in [-0.39, 0.29) is 17.3 Å². The van der Waals surface area contributed by atoms with Crippen molar-refractivity contribution in [2.24, 2.45) is 7.05 Å². The number of nitrogens with zero attached hydrogens (tertiary/aromatic N) is 5. The monoisotopic (exact) mass is 404 g/mol. The van der Waals surface area contributed by atoms with Crippen molar-refractivity contribution in [1.82, 2.24) is 24.7 Å². The molecule has 0 fully saturated rings. The number of amides is 1. The second-order valence-electron chi connectivity index (χ2n) is 6.76. The van der Waals surface area contributed by atoms with Crippen molar-refractivity contribution in [3.8, 4) is 0 Å². The van der Waals surface area contributed by atoms with Crippen molar-refractivity contribution in [2.75, 3.05) is 5.32 Å². The van der Waals surface area contributed by atoms with Gasteiger partial charge in [-0.1, -0.05) is 19.1 Å². The highest BCUT2D eigenvalue weighted by Crippen LogP contribution is 2.27. The average molecular weight is 404 g/mol. The van der Waals surface area contributed by atoms with Gasteiger partial charge >= 0.3 is 6.18 Å². The van der Waals surface area contributed by atoms with E-state index < -0.39 is 17.9 Å². The number of hydrogen-bond acceptors (Lipinski definition) is 5. The van der Waals surface area contributed by atoms with Crippen LogP contribution in [-0.4, -0.2) is 30.6 Å². The minimum Gasteiger partial charge on any atom is -0.321 e. The van der Waals surface area contributed by atoms with Gasteiger partial charge in [-0.05, 0) is 36.6 Å². The summed E-state index contributed by atoms with van der Waals surface area (Å²) in [5.41, 5.74) is 1.12. The molecule has 1 atom stereocenters. The first-order valence-electron chi connectivity index (χ1n) is 8.80. The zero-order chi connectivity index (χ0) is 21.2. The highest BCUT2D eigenvalue weighted by Gasteiger charge is 2.35. The Balaban J connectivity index is 1.77. The molecule has 1 aromatic carbocycles. The molecule has 0 bridgehead atoms. The fourth-order valence-corrected chi connectivity index (χ4v) is 2.81. The molecule has 10 heteroatoms. The number of nitrogens with one attached hydrogen (secondary N) is 1. The Morgan fingerprint density at radius 1 is 1.24 bits per heavy atom. The zero-order valence-corrected chi connectivity index (χ0v) is 16.0. The van der Waals surface area contributed by atoms with Crippen molar-refractivity contribution in [3.63, 3.8) is 0 Å². The number of carbonyl (C=O) groups is 1. The highest BCUT2D eigenvalue weighted by atomic mass is 19.4. The molecule has 0 saturated carbocycles. The molecule has 0 radical (unpaired) electrons. The van der Waals surface area contributed by atoms with Crippen LogP contribution in [0.25, 0.3) is 0 Å². The van der Waals surface area contributed by atoms with Gasteiger partial charge in [-0.15, -0.1) is 10.2 Å². The maximum Gasteiger partial charge on any atom is 0.451 e. The number of carbonyl (C=O) groups excluding carboxylic acids is 1. The number of aromatic nitrogens is 5. The molecule has 0 spiro atoms. The molecule has 0 aliphatic heterocycles. The topological polar surface area (TPSA) is 85.6 Å². The third-order valence-electron chi connectivity index (χ3n) is 4.35. The van der Waals surface area contributed by atoms with E-state index in [0.717, 1.165) is 11.4 Å². The van der Waals surface area contributed by atoms with Crippen LogP contribution >= 0.6 is 0 Å². The Morgan fingerprint density at radius 2 is 2.00 bits per heavy atom. The predicted octanol–water partition coefficient (Wildman–Crippen LogP) is 3.53. The van der Waals surface area contributed by atoms with Gasteiger partial charge in [0.1, 0.15) is 17.8 Å². The van der Waals surface area contributed by atoms with Crippen LogP contribution in [0.15, 0.2) is 36.7 Å². The molecule has 1 N–H and O–H groups in total. The lowest BCUT2D eigenvalue weighted by Gasteiger charge is -2.13.